The Labute approximate surface area is 135 Å². The number of nitrogens with zero attached hydrogens (tertiary/aromatic N) is 1. The van der Waals surface area contributed by atoms with E-state index in [-0.39, 0.29) is 23.9 Å². The quantitative estimate of drug-likeness (QED) is 0.822. The summed E-state index contributed by atoms with van der Waals surface area (Å²) in [6.45, 7) is 5.62. The summed E-state index contributed by atoms with van der Waals surface area (Å²) in [5.74, 6) is 0.378. The number of benzene rings is 2. The van der Waals surface area contributed by atoms with E-state index in [2.05, 4.69) is 6.07 Å². The van der Waals surface area contributed by atoms with Crippen LogP contribution >= 0.6 is 0 Å². The third-order valence-corrected chi connectivity index (χ3v) is 4.22. The second-order valence-corrected chi connectivity index (χ2v) is 6.10. The van der Waals surface area contributed by atoms with Crippen LogP contribution in [0.25, 0.3) is 0 Å². The fourth-order valence-electron chi connectivity index (χ4n) is 3.20. The average Bonchev–Trinajstić information content (AvgIpc) is 2.49. The molecule has 0 spiro atoms. The lowest BCUT2D eigenvalue weighted by Gasteiger charge is -2.39. The maximum absolute atomic E-state index is 13.1. The van der Waals surface area contributed by atoms with Crippen molar-refractivity contribution < 1.29 is 13.9 Å². The first kappa shape index (κ1) is 15.5. The van der Waals surface area contributed by atoms with E-state index in [4.69, 9.17) is 4.74 Å². The van der Waals surface area contributed by atoms with Gasteiger partial charge >= 0.3 is 0 Å². The molecule has 0 N–H and O–H groups in total. The molecule has 1 amide bonds. The van der Waals surface area contributed by atoms with Crippen LogP contribution in [0, 0.1) is 12.7 Å². The molecule has 4 heteroatoms. The number of hydrogen-bond donors (Lipinski definition) is 0. The van der Waals surface area contributed by atoms with Gasteiger partial charge in [0.1, 0.15) is 17.7 Å². The van der Waals surface area contributed by atoms with Gasteiger partial charge in [-0.15, -0.1) is 0 Å². The van der Waals surface area contributed by atoms with Gasteiger partial charge in [0.2, 0.25) is 5.91 Å². The van der Waals surface area contributed by atoms with Crippen LogP contribution in [0.5, 0.6) is 5.75 Å². The molecule has 0 aromatic heterocycles. The van der Waals surface area contributed by atoms with Crippen LogP contribution in [-0.2, 0) is 4.79 Å². The van der Waals surface area contributed by atoms with Crippen molar-refractivity contribution in [1.29, 1.82) is 0 Å². The summed E-state index contributed by atoms with van der Waals surface area (Å²) in [7, 11) is 0. The zero-order valence-corrected chi connectivity index (χ0v) is 13.5. The second-order valence-electron chi connectivity index (χ2n) is 6.10. The zero-order valence-electron chi connectivity index (χ0n) is 13.5. The Morgan fingerprint density at radius 1 is 1.22 bits per heavy atom. The van der Waals surface area contributed by atoms with E-state index in [9.17, 15) is 9.18 Å². The Morgan fingerprint density at radius 3 is 2.57 bits per heavy atom. The number of anilines is 1. The maximum atomic E-state index is 13.1. The van der Waals surface area contributed by atoms with Crippen molar-refractivity contribution in [2.24, 2.45) is 0 Å². The first-order chi connectivity index (χ1) is 11.0. The average molecular weight is 313 g/mol. The Balaban J connectivity index is 1.98. The van der Waals surface area contributed by atoms with E-state index < -0.39 is 0 Å². The number of carbonyl (C=O) groups is 1. The molecule has 23 heavy (non-hydrogen) atoms. The van der Waals surface area contributed by atoms with E-state index >= 15 is 0 Å². The number of amides is 1. The third-order valence-electron chi connectivity index (χ3n) is 4.22. The molecule has 1 aliphatic rings. The standard InChI is InChI=1S/C19H20FNO2/c1-12-4-9-18-17(10-12)19(11-13(2)21(18)14(3)22)23-16-7-5-15(20)6-8-16/h4-10,13,19H,11H2,1-3H3. The van der Waals surface area contributed by atoms with E-state index in [1.807, 2.05) is 30.9 Å². The van der Waals surface area contributed by atoms with Gasteiger partial charge in [-0.25, -0.2) is 4.39 Å². The zero-order chi connectivity index (χ0) is 16.6. The predicted molar refractivity (Wildman–Crippen MR) is 88.2 cm³/mol. The van der Waals surface area contributed by atoms with Crippen molar-refractivity contribution in [3.8, 4) is 5.75 Å². The van der Waals surface area contributed by atoms with Gasteiger partial charge in [-0.05, 0) is 44.2 Å². The minimum atomic E-state index is -0.284. The molecule has 0 aliphatic carbocycles. The van der Waals surface area contributed by atoms with E-state index in [1.54, 1.807) is 19.1 Å². The van der Waals surface area contributed by atoms with Gasteiger partial charge in [-0.3, -0.25) is 4.79 Å². The first-order valence-corrected chi connectivity index (χ1v) is 7.78. The molecule has 0 saturated heterocycles. The molecule has 0 saturated carbocycles. The van der Waals surface area contributed by atoms with Crippen LogP contribution in [0.4, 0.5) is 10.1 Å². The van der Waals surface area contributed by atoms with Gasteiger partial charge in [-0.1, -0.05) is 17.7 Å². The third kappa shape index (κ3) is 3.07. The van der Waals surface area contributed by atoms with Crippen molar-refractivity contribution in [3.05, 3.63) is 59.4 Å². The topological polar surface area (TPSA) is 29.5 Å². The summed E-state index contributed by atoms with van der Waals surface area (Å²) < 4.78 is 19.1. The summed E-state index contributed by atoms with van der Waals surface area (Å²) in [5, 5.41) is 0. The lowest BCUT2D eigenvalue weighted by atomic mass is 9.92. The number of hydrogen-bond acceptors (Lipinski definition) is 2. The van der Waals surface area contributed by atoms with Crippen molar-refractivity contribution >= 4 is 11.6 Å². The van der Waals surface area contributed by atoms with Crippen molar-refractivity contribution in [3.63, 3.8) is 0 Å². The van der Waals surface area contributed by atoms with Gasteiger partial charge in [-0.2, -0.15) is 0 Å². The molecule has 2 aromatic rings. The molecular formula is C19H20FNO2. The Morgan fingerprint density at radius 2 is 1.91 bits per heavy atom. The van der Waals surface area contributed by atoms with Crippen molar-refractivity contribution in [2.75, 3.05) is 4.90 Å². The van der Waals surface area contributed by atoms with E-state index in [1.165, 1.54) is 12.1 Å². The summed E-state index contributed by atoms with van der Waals surface area (Å²) in [6.07, 6.45) is 0.550. The Kier molecular flexibility index (Phi) is 4.07. The molecule has 0 radical (unpaired) electrons. The Hall–Kier alpha value is -2.36. The predicted octanol–water partition coefficient (Wildman–Crippen LogP) is 4.40. The monoisotopic (exact) mass is 313 g/mol. The molecule has 0 bridgehead atoms. The molecule has 2 atom stereocenters. The molecule has 1 aliphatic heterocycles. The number of ether oxygens (including phenoxy) is 1. The van der Waals surface area contributed by atoms with Gasteiger partial charge in [0, 0.05) is 24.9 Å². The molecule has 3 rings (SSSR count). The fraction of sp³-hybridized carbons (Fsp3) is 0.316. The van der Waals surface area contributed by atoms with Crippen molar-refractivity contribution in [1.82, 2.24) is 0 Å². The van der Waals surface area contributed by atoms with Crippen molar-refractivity contribution in [2.45, 2.75) is 39.3 Å². The van der Waals surface area contributed by atoms with Crippen LogP contribution in [-0.4, -0.2) is 11.9 Å². The largest absolute Gasteiger partial charge is 0.486 e. The molecule has 2 aromatic carbocycles. The minimum absolute atomic E-state index is 0.0304. The lowest BCUT2D eigenvalue weighted by Crippen LogP contribution is -2.42. The molecule has 2 unspecified atom stereocenters. The minimum Gasteiger partial charge on any atom is -0.486 e. The maximum Gasteiger partial charge on any atom is 0.224 e. The number of carbonyl (C=O) groups excluding carboxylic acids is 1. The molecule has 0 fully saturated rings. The SMILES string of the molecule is CC(=O)N1c2ccc(C)cc2C(Oc2ccc(F)cc2)CC1C. The molecular weight excluding hydrogens is 293 g/mol. The molecule has 3 nitrogen and oxygen atoms in total. The van der Waals surface area contributed by atoms with Crippen LogP contribution in [0.2, 0.25) is 0 Å². The van der Waals surface area contributed by atoms with Gasteiger partial charge < -0.3 is 9.64 Å². The van der Waals surface area contributed by atoms with Crippen LogP contribution in [0.3, 0.4) is 0 Å². The van der Waals surface area contributed by atoms with Gasteiger partial charge in [0.05, 0.1) is 5.69 Å². The first-order valence-electron chi connectivity index (χ1n) is 7.78. The van der Waals surface area contributed by atoms with E-state index in [0.717, 1.165) is 16.8 Å². The highest BCUT2D eigenvalue weighted by Gasteiger charge is 2.33. The smallest absolute Gasteiger partial charge is 0.224 e. The highest BCUT2D eigenvalue weighted by Crippen LogP contribution is 2.40. The van der Waals surface area contributed by atoms with Crippen LogP contribution < -0.4 is 9.64 Å². The number of aryl methyl sites for hydroxylation is 1. The summed E-state index contributed by atoms with van der Waals surface area (Å²) in [4.78, 5) is 13.8. The van der Waals surface area contributed by atoms with Crippen LogP contribution in [0.1, 0.15) is 37.5 Å². The van der Waals surface area contributed by atoms with Gasteiger partial charge in [0.25, 0.3) is 0 Å². The van der Waals surface area contributed by atoms with Gasteiger partial charge in [0.15, 0.2) is 0 Å². The summed E-state index contributed by atoms with van der Waals surface area (Å²) in [6, 6.07) is 12.1. The summed E-state index contributed by atoms with van der Waals surface area (Å²) in [5.41, 5.74) is 3.02. The normalized spacial score (nSPS) is 20.1. The number of halogens is 1. The fourth-order valence-corrected chi connectivity index (χ4v) is 3.20. The molecule has 1 heterocycles. The molecule has 120 valence electrons. The lowest BCUT2D eigenvalue weighted by molar-refractivity contribution is -0.117. The second kappa shape index (κ2) is 6.03. The number of fused-ring (bicyclic) bond motifs is 1. The number of rotatable bonds is 2. The summed E-state index contributed by atoms with van der Waals surface area (Å²) >= 11 is 0. The van der Waals surface area contributed by atoms with E-state index in [0.29, 0.717) is 12.2 Å². The highest BCUT2D eigenvalue weighted by molar-refractivity contribution is 5.93. The highest BCUT2D eigenvalue weighted by atomic mass is 19.1. The Bertz CT molecular complexity index is 727. The van der Waals surface area contributed by atoms with Crippen LogP contribution in [0.15, 0.2) is 42.5 Å².